The number of amides is 1. The van der Waals surface area contributed by atoms with Crippen molar-refractivity contribution in [2.24, 2.45) is 0 Å². The summed E-state index contributed by atoms with van der Waals surface area (Å²) in [6, 6.07) is 10.5. The summed E-state index contributed by atoms with van der Waals surface area (Å²) in [5.74, 6) is -0.205. The number of hydrogen-bond donors (Lipinski definition) is 0. The van der Waals surface area contributed by atoms with Crippen LogP contribution >= 0.6 is 0 Å². The fourth-order valence-electron chi connectivity index (χ4n) is 3.27. The first-order valence-electron chi connectivity index (χ1n) is 8.72. The minimum Gasteiger partial charge on any atom is -0.497 e. The Balaban J connectivity index is 1.47. The Morgan fingerprint density at radius 3 is 2.57 bits per heavy atom. The third kappa shape index (κ3) is 3.71. The van der Waals surface area contributed by atoms with Gasteiger partial charge in [-0.3, -0.25) is 4.79 Å². The second-order valence-corrected chi connectivity index (χ2v) is 6.64. The maximum atomic E-state index is 13.4. The minimum absolute atomic E-state index is 0.126. The summed E-state index contributed by atoms with van der Waals surface area (Å²) in [7, 11) is 1.59. The number of aromatic nitrogens is 2. The van der Waals surface area contributed by atoms with E-state index in [-0.39, 0.29) is 24.8 Å². The van der Waals surface area contributed by atoms with Crippen LogP contribution in [-0.2, 0) is 11.3 Å². The summed E-state index contributed by atoms with van der Waals surface area (Å²) in [6.45, 7) is 0.477. The van der Waals surface area contributed by atoms with Gasteiger partial charge >= 0.3 is 0 Å². The van der Waals surface area contributed by atoms with Crippen molar-refractivity contribution in [2.75, 3.05) is 13.7 Å². The maximum Gasteiger partial charge on any atom is 0.232 e. The molecule has 2 aromatic carbocycles. The Hall–Kier alpha value is -3.29. The molecular formula is C20H17F2N3O3. The van der Waals surface area contributed by atoms with Gasteiger partial charge in [-0.05, 0) is 42.0 Å². The van der Waals surface area contributed by atoms with E-state index in [0.717, 1.165) is 17.4 Å². The molecule has 8 heteroatoms. The molecule has 144 valence electrons. The van der Waals surface area contributed by atoms with Crippen LogP contribution in [0.15, 0.2) is 47.0 Å². The molecule has 0 saturated carbocycles. The number of nitrogens with zero attached hydrogens (tertiary/aromatic N) is 3. The Kier molecular flexibility index (Phi) is 4.77. The van der Waals surface area contributed by atoms with Crippen LogP contribution in [0.4, 0.5) is 8.78 Å². The van der Waals surface area contributed by atoms with Gasteiger partial charge in [0, 0.05) is 31.1 Å². The number of ether oxygens (including phenoxy) is 1. The summed E-state index contributed by atoms with van der Waals surface area (Å²) in [5, 5.41) is 3.99. The molecule has 1 amide bonds. The number of halogens is 2. The molecule has 3 aromatic rings. The average molecular weight is 385 g/mol. The summed E-state index contributed by atoms with van der Waals surface area (Å²) >= 11 is 0. The number of benzene rings is 2. The van der Waals surface area contributed by atoms with Gasteiger partial charge in [-0.1, -0.05) is 5.16 Å². The normalized spacial score (nSPS) is 16.6. The van der Waals surface area contributed by atoms with Crippen molar-refractivity contribution in [3.05, 3.63) is 65.6 Å². The van der Waals surface area contributed by atoms with E-state index in [4.69, 9.17) is 9.26 Å². The molecule has 1 saturated heterocycles. The summed E-state index contributed by atoms with van der Waals surface area (Å²) < 4.78 is 37.2. The van der Waals surface area contributed by atoms with Crippen molar-refractivity contribution < 1.29 is 22.8 Å². The molecule has 1 fully saturated rings. The predicted molar refractivity (Wildman–Crippen MR) is 95.4 cm³/mol. The third-order valence-electron chi connectivity index (χ3n) is 4.65. The van der Waals surface area contributed by atoms with Gasteiger partial charge in [-0.25, -0.2) is 8.78 Å². The molecule has 28 heavy (non-hydrogen) atoms. The molecular weight excluding hydrogens is 368 g/mol. The molecule has 6 nitrogen and oxygen atoms in total. The monoisotopic (exact) mass is 385 g/mol. The zero-order valence-corrected chi connectivity index (χ0v) is 15.1. The van der Waals surface area contributed by atoms with Crippen LogP contribution < -0.4 is 4.74 Å². The minimum atomic E-state index is -0.667. The molecule has 1 aromatic heterocycles. The van der Waals surface area contributed by atoms with Gasteiger partial charge in [0.25, 0.3) is 0 Å². The lowest BCUT2D eigenvalue weighted by molar-refractivity contribution is -0.128. The van der Waals surface area contributed by atoms with Gasteiger partial charge in [0.05, 0.1) is 13.0 Å². The standard InChI is InChI=1S/C20H17F2N3O3/c1-27-17-4-2-13(3-5-17)19-23-20(28-24-19)14-8-18(26)25(11-14)10-12-6-15(21)9-16(22)7-12/h2-7,9,14H,8,10-11H2,1H3. The molecule has 0 aliphatic carbocycles. The van der Waals surface area contributed by atoms with E-state index in [1.165, 1.54) is 17.0 Å². The lowest BCUT2D eigenvalue weighted by Gasteiger charge is -2.16. The second kappa shape index (κ2) is 7.38. The molecule has 0 spiro atoms. The number of carbonyl (C=O) groups is 1. The summed E-state index contributed by atoms with van der Waals surface area (Å²) in [5.41, 5.74) is 1.17. The van der Waals surface area contributed by atoms with E-state index in [2.05, 4.69) is 10.1 Å². The second-order valence-electron chi connectivity index (χ2n) is 6.64. The Bertz CT molecular complexity index is 984. The van der Waals surface area contributed by atoms with Crippen LogP contribution in [0.1, 0.15) is 23.8 Å². The Labute approximate surface area is 159 Å². The largest absolute Gasteiger partial charge is 0.497 e. The quantitative estimate of drug-likeness (QED) is 0.672. The van der Waals surface area contributed by atoms with Crippen molar-refractivity contribution in [2.45, 2.75) is 18.9 Å². The van der Waals surface area contributed by atoms with Gasteiger partial charge in [0.15, 0.2) is 0 Å². The molecule has 1 atom stereocenters. The number of likely N-dealkylation sites (tertiary alicyclic amines) is 1. The van der Waals surface area contributed by atoms with Crippen molar-refractivity contribution in [1.29, 1.82) is 0 Å². The first-order chi connectivity index (χ1) is 13.5. The van der Waals surface area contributed by atoms with Gasteiger partial charge in [-0.15, -0.1) is 0 Å². The highest BCUT2D eigenvalue weighted by Gasteiger charge is 2.34. The molecule has 2 heterocycles. The summed E-state index contributed by atoms with van der Waals surface area (Å²) in [6.07, 6.45) is 0.210. The van der Waals surface area contributed by atoms with Crippen LogP contribution in [0.25, 0.3) is 11.4 Å². The van der Waals surface area contributed by atoms with Gasteiger partial charge in [0.2, 0.25) is 17.6 Å². The predicted octanol–water partition coefficient (Wildman–Crippen LogP) is 3.54. The lowest BCUT2D eigenvalue weighted by Crippen LogP contribution is -2.24. The van der Waals surface area contributed by atoms with Crippen LogP contribution in [-0.4, -0.2) is 34.6 Å². The fraction of sp³-hybridized carbons (Fsp3) is 0.250. The molecule has 4 rings (SSSR count). The third-order valence-corrected chi connectivity index (χ3v) is 4.65. The van der Waals surface area contributed by atoms with E-state index in [1.807, 2.05) is 12.1 Å². The molecule has 0 bridgehead atoms. The SMILES string of the molecule is COc1ccc(-c2noc(C3CC(=O)N(Cc4cc(F)cc(F)c4)C3)n2)cc1. The highest BCUT2D eigenvalue weighted by molar-refractivity contribution is 5.79. The first-order valence-corrected chi connectivity index (χ1v) is 8.72. The van der Waals surface area contributed by atoms with E-state index >= 15 is 0 Å². The van der Waals surface area contributed by atoms with Crippen molar-refractivity contribution in [3.63, 3.8) is 0 Å². The van der Waals surface area contributed by atoms with Crippen LogP contribution in [0.5, 0.6) is 5.75 Å². The molecule has 0 N–H and O–H groups in total. The van der Waals surface area contributed by atoms with E-state index in [0.29, 0.717) is 23.8 Å². The molecule has 0 radical (unpaired) electrons. The van der Waals surface area contributed by atoms with Crippen LogP contribution in [0.3, 0.4) is 0 Å². The van der Waals surface area contributed by atoms with E-state index < -0.39 is 11.6 Å². The van der Waals surface area contributed by atoms with Gasteiger partial charge < -0.3 is 14.2 Å². The van der Waals surface area contributed by atoms with Crippen molar-refractivity contribution in [3.8, 4) is 17.1 Å². The van der Waals surface area contributed by atoms with Crippen molar-refractivity contribution in [1.82, 2.24) is 15.0 Å². The molecule has 1 aliphatic heterocycles. The summed E-state index contributed by atoms with van der Waals surface area (Å²) in [4.78, 5) is 18.3. The lowest BCUT2D eigenvalue weighted by atomic mass is 10.1. The molecule has 1 unspecified atom stereocenters. The van der Waals surface area contributed by atoms with Gasteiger partial charge in [-0.2, -0.15) is 4.98 Å². The number of carbonyl (C=O) groups excluding carboxylic acids is 1. The Morgan fingerprint density at radius 1 is 1.18 bits per heavy atom. The highest BCUT2D eigenvalue weighted by Crippen LogP contribution is 2.30. The van der Waals surface area contributed by atoms with E-state index in [9.17, 15) is 13.6 Å². The van der Waals surface area contributed by atoms with E-state index in [1.54, 1.807) is 19.2 Å². The molecule has 1 aliphatic rings. The van der Waals surface area contributed by atoms with Crippen LogP contribution in [0, 0.1) is 11.6 Å². The maximum absolute atomic E-state index is 13.4. The topological polar surface area (TPSA) is 68.5 Å². The zero-order valence-electron chi connectivity index (χ0n) is 15.1. The van der Waals surface area contributed by atoms with Crippen LogP contribution in [0.2, 0.25) is 0 Å². The number of hydrogen-bond acceptors (Lipinski definition) is 5. The number of rotatable bonds is 5. The highest BCUT2D eigenvalue weighted by atomic mass is 19.1. The zero-order chi connectivity index (χ0) is 19.7. The number of methoxy groups -OCH3 is 1. The fourth-order valence-corrected chi connectivity index (χ4v) is 3.27. The Morgan fingerprint density at radius 2 is 1.89 bits per heavy atom. The average Bonchev–Trinajstić information content (AvgIpc) is 3.28. The smallest absolute Gasteiger partial charge is 0.232 e. The van der Waals surface area contributed by atoms with Crippen molar-refractivity contribution >= 4 is 5.91 Å². The van der Waals surface area contributed by atoms with Gasteiger partial charge in [0.1, 0.15) is 17.4 Å². The first kappa shape index (κ1) is 18.1.